The van der Waals surface area contributed by atoms with Gasteiger partial charge in [-0.25, -0.2) is 4.79 Å². The molecule has 5 nitrogen and oxygen atoms in total. The van der Waals surface area contributed by atoms with E-state index in [4.69, 9.17) is 9.52 Å². The molecule has 0 fully saturated rings. The number of aryl methyl sites for hydroxylation is 1. The number of carbonyl (C=O) groups is 1. The van der Waals surface area contributed by atoms with Gasteiger partial charge < -0.3 is 9.52 Å². The molecular formula is C14H17NO4. The maximum absolute atomic E-state index is 11.6. The van der Waals surface area contributed by atoms with Gasteiger partial charge in [-0.2, -0.15) is 0 Å². The second-order valence-corrected chi connectivity index (χ2v) is 5.28. The highest BCUT2D eigenvalue weighted by atomic mass is 16.4. The summed E-state index contributed by atoms with van der Waals surface area (Å²) in [6.07, 6.45) is 0.404. The highest BCUT2D eigenvalue weighted by molar-refractivity contribution is 5.76. The van der Waals surface area contributed by atoms with Crippen molar-refractivity contribution in [2.75, 3.05) is 0 Å². The maximum atomic E-state index is 11.6. The van der Waals surface area contributed by atoms with Gasteiger partial charge in [0.05, 0.1) is 10.9 Å². The largest absolute Gasteiger partial charge is 0.481 e. The zero-order chi connectivity index (χ0) is 14.2. The Morgan fingerprint density at radius 3 is 2.68 bits per heavy atom. The van der Waals surface area contributed by atoms with Crippen molar-refractivity contribution in [3.63, 3.8) is 0 Å². The summed E-state index contributed by atoms with van der Waals surface area (Å²) in [6, 6.07) is 5.35. The van der Waals surface area contributed by atoms with Gasteiger partial charge in [0, 0.05) is 6.54 Å². The third-order valence-electron chi connectivity index (χ3n) is 3.27. The van der Waals surface area contributed by atoms with Crippen molar-refractivity contribution in [3.05, 3.63) is 34.3 Å². The Kier molecular flexibility index (Phi) is 3.22. The predicted octanol–water partition coefficient (Wildman–Crippen LogP) is 2.27. The number of aromatic nitrogens is 1. The average Bonchev–Trinajstić information content (AvgIpc) is 2.63. The molecule has 19 heavy (non-hydrogen) atoms. The van der Waals surface area contributed by atoms with E-state index in [0.29, 0.717) is 24.1 Å². The van der Waals surface area contributed by atoms with Gasteiger partial charge in [0.1, 0.15) is 0 Å². The SMILES string of the molecule is CCn1c(=O)oc2ccc(CC(C)(C)C(=O)O)cc21. The van der Waals surface area contributed by atoms with Gasteiger partial charge in [-0.15, -0.1) is 0 Å². The minimum Gasteiger partial charge on any atom is -0.481 e. The van der Waals surface area contributed by atoms with Crippen molar-refractivity contribution < 1.29 is 14.3 Å². The summed E-state index contributed by atoms with van der Waals surface area (Å²) in [5, 5.41) is 9.15. The van der Waals surface area contributed by atoms with Crippen molar-refractivity contribution in [3.8, 4) is 0 Å². The standard InChI is InChI=1S/C14H17NO4/c1-4-15-10-7-9(8-14(2,3)12(16)17)5-6-11(10)19-13(15)18/h5-7H,4,8H2,1-3H3,(H,16,17). The van der Waals surface area contributed by atoms with E-state index in [1.807, 2.05) is 13.0 Å². The Balaban J connectivity index is 2.47. The molecule has 0 aliphatic carbocycles. The van der Waals surface area contributed by atoms with Gasteiger partial charge >= 0.3 is 11.7 Å². The number of benzene rings is 1. The molecule has 0 saturated heterocycles. The van der Waals surface area contributed by atoms with Crippen molar-refractivity contribution in [1.29, 1.82) is 0 Å². The molecule has 0 aliphatic rings. The quantitative estimate of drug-likeness (QED) is 0.918. The summed E-state index contributed by atoms with van der Waals surface area (Å²) in [5.74, 6) is -1.22. The van der Waals surface area contributed by atoms with E-state index in [1.54, 1.807) is 26.0 Å². The van der Waals surface area contributed by atoms with Crippen molar-refractivity contribution >= 4 is 17.1 Å². The van der Waals surface area contributed by atoms with E-state index in [9.17, 15) is 9.59 Å². The van der Waals surface area contributed by atoms with Crippen LogP contribution in [-0.2, 0) is 17.8 Å². The smallest absolute Gasteiger partial charge is 0.419 e. The molecule has 1 aromatic heterocycles. The van der Waals surface area contributed by atoms with E-state index in [0.717, 1.165) is 5.56 Å². The van der Waals surface area contributed by atoms with Gasteiger partial charge in [0.2, 0.25) is 0 Å². The Bertz CT molecular complexity index is 678. The Hall–Kier alpha value is -2.04. The second kappa shape index (κ2) is 4.57. The van der Waals surface area contributed by atoms with Gasteiger partial charge in [-0.05, 0) is 44.9 Å². The molecule has 0 unspecified atom stereocenters. The van der Waals surface area contributed by atoms with Crippen LogP contribution in [0.5, 0.6) is 0 Å². The van der Waals surface area contributed by atoms with E-state index in [1.165, 1.54) is 4.57 Å². The number of carboxylic acid groups (broad SMARTS) is 1. The molecule has 0 saturated carbocycles. The minimum absolute atomic E-state index is 0.382. The number of rotatable bonds is 4. The number of carboxylic acids is 1. The van der Waals surface area contributed by atoms with E-state index in [-0.39, 0.29) is 5.76 Å². The lowest BCUT2D eigenvalue weighted by Crippen LogP contribution is -2.26. The van der Waals surface area contributed by atoms with Gasteiger partial charge in [0.25, 0.3) is 0 Å². The van der Waals surface area contributed by atoms with Crippen molar-refractivity contribution in [1.82, 2.24) is 4.57 Å². The molecule has 2 rings (SSSR count). The van der Waals surface area contributed by atoms with Crippen LogP contribution in [0.2, 0.25) is 0 Å². The van der Waals surface area contributed by atoms with Crippen LogP contribution in [0, 0.1) is 5.41 Å². The number of nitrogens with zero attached hydrogens (tertiary/aromatic N) is 1. The Morgan fingerprint density at radius 1 is 1.42 bits per heavy atom. The first-order valence-electron chi connectivity index (χ1n) is 6.21. The lowest BCUT2D eigenvalue weighted by Gasteiger charge is -2.18. The maximum Gasteiger partial charge on any atom is 0.419 e. The highest BCUT2D eigenvalue weighted by Crippen LogP contribution is 2.24. The molecule has 0 spiro atoms. The van der Waals surface area contributed by atoms with Gasteiger partial charge in [-0.3, -0.25) is 9.36 Å². The molecule has 0 radical (unpaired) electrons. The van der Waals surface area contributed by atoms with Crippen LogP contribution in [0.3, 0.4) is 0 Å². The lowest BCUT2D eigenvalue weighted by atomic mass is 9.86. The number of hydrogen-bond acceptors (Lipinski definition) is 3. The molecule has 2 aromatic rings. The highest BCUT2D eigenvalue weighted by Gasteiger charge is 2.27. The normalized spacial score (nSPS) is 11.9. The zero-order valence-electron chi connectivity index (χ0n) is 11.3. The van der Waals surface area contributed by atoms with Crippen LogP contribution in [0.15, 0.2) is 27.4 Å². The predicted molar refractivity (Wildman–Crippen MR) is 71.3 cm³/mol. The van der Waals surface area contributed by atoms with Crippen molar-refractivity contribution in [2.45, 2.75) is 33.7 Å². The number of hydrogen-bond donors (Lipinski definition) is 1. The first-order valence-corrected chi connectivity index (χ1v) is 6.21. The van der Waals surface area contributed by atoms with Crippen LogP contribution in [-0.4, -0.2) is 15.6 Å². The number of aliphatic carboxylic acids is 1. The molecule has 1 heterocycles. The number of fused-ring (bicyclic) bond motifs is 1. The van der Waals surface area contributed by atoms with Crippen LogP contribution in [0.1, 0.15) is 26.3 Å². The van der Waals surface area contributed by atoms with Crippen LogP contribution in [0.25, 0.3) is 11.1 Å². The fraction of sp³-hybridized carbons (Fsp3) is 0.429. The molecule has 0 amide bonds. The van der Waals surface area contributed by atoms with Gasteiger partial charge in [0.15, 0.2) is 5.58 Å². The summed E-state index contributed by atoms with van der Waals surface area (Å²) in [5.41, 5.74) is 1.28. The molecule has 0 aliphatic heterocycles. The third kappa shape index (κ3) is 2.41. The summed E-state index contributed by atoms with van der Waals surface area (Å²) in [4.78, 5) is 22.7. The van der Waals surface area contributed by atoms with E-state index >= 15 is 0 Å². The molecule has 0 bridgehead atoms. The van der Waals surface area contributed by atoms with Crippen LogP contribution in [0.4, 0.5) is 0 Å². The van der Waals surface area contributed by atoms with Gasteiger partial charge in [-0.1, -0.05) is 6.07 Å². The molecule has 1 N–H and O–H groups in total. The van der Waals surface area contributed by atoms with E-state index < -0.39 is 11.4 Å². The second-order valence-electron chi connectivity index (χ2n) is 5.28. The molecule has 0 atom stereocenters. The third-order valence-corrected chi connectivity index (χ3v) is 3.27. The summed E-state index contributed by atoms with van der Waals surface area (Å²) >= 11 is 0. The fourth-order valence-electron chi connectivity index (χ4n) is 2.10. The molecule has 102 valence electrons. The molecular weight excluding hydrogens is 246 g/mol. The monoisotopic (exact) mass is 263 g/mol. The lowest BCUT2D eigenvalue weighted by molar-refractivity contribution is -0.146. The van der Waals surface area contributed by atoms with E-state index in [2.05, 4.69) is 0 Å². The topological polar surface area (TPSA) is 72.4 Å². The summed E-state index contributed by atoms with van der Waals surface area (Å²) in [7, 11) is 0. The average molecular weight is 263 g/mol. The minimum atomic E-state index is -0.840. The number of oxazole rings is 1. The first kappa shape index (κ1) is 13.4. The molecule has 5 heteroatoms. The fourth-order valence-corrected chi connectivity index (χ4v) is 2.10. The summed E-state index contributed by atoms with van der Waals surface area (Å²) < 4.78 is 6.65. The Morgan fingerprint density at radius 2 is 2.11 bits per heavy atom. The Labute approximate surface area is 110 Å². The van der Waals surface area contributed by atoms with Crippen LogP contribution >= 0.6 is 0 Å². The van der Waals surface area contributed by atoms with Crippen LogP contribution < -0.4 is 5.76 Å². The summed E-state index contributed by atoms with van der Waals surface area (Å²) in [6.45, 7) is 5.76. The first-order chi connectivity index (χ1) is 8.85. The molecule has 1 aromatic carbocycles. The van der Waals surface area contributed by atoms with Crippen molar-refractivity contribution in [2.24, 2.45) is 5.41 Å². The zero-order valence-corrected chi connectivity index (χ0v) is 11.3.